The molecule has 23 heavy (non-hydrogen) atoms. The van der Waals surface area contributed by atoms with E-state index in [1.165, 1.54) is 5.56 Å². The molecule has 1 fully saturated rings. The van der Waals surface area contributed by atoms with Gasteiger partial charge < -0.3 is 14.2 Å². The third-order valence-electron chi connectivity index (χ3n) is 3.87. The Balaban J connectivity index is 1.57. The number of morpholine rings is 1. The lowest BCUT2D eigenvalue weighted by molar-refractivity contribution is 0.0321. The largest absolute Gasteiger partial charge is 0.488 e. The van der Waals surface area contributed by atoms with E-state index in [-0.39, 0.29) is 0 Å². The SMILES string of the molecule is Cc1ccc(Oc2ccccc2OCCN2CCOCC2)cc1. The van der Waals surface area contributed by atoms with Gasteiger partial charge in [-0.2, -0.15) is 0 Å². The smallest absolute Gasteiger partial charge is 0.169 e. The zero-order chi connectivity index (χ0) is 15.9. The Labute approximate surface area is 137 Å². The molecule has 1 aliphatic heterocycles. The molecule has 2 aromatic rings. The van der Waals surface area contributed by atoms with Crippen LogP contribution in [0.3, 0.4) is 0 Å². The maximum absolute atomic E-state index is 5.95. The zero-order valence-corrected chi connectivity index (χ0v) is 13.5. The average molecular weight is 313 g/mol. The van der Waals surface area contributed by atoms with Crippen molar-refractivity contribution in [2.45, 2.75) is 6.92 Å². The monoisotopic (exact) mass is 313 g/mol. The molecule has 0 N–H and O–H groups in total. The van der Waals surface area contributed by atoms with Crippen molar-refractivity contribution in [3.8, 4) is 17.2 Å². The van der Waals surface area contributed by atoms with Gasteiger partial charge in [0, 0.05) is 19.6 Å². The summed E-state index contributed by atoms with van der Waals surface area (Å²) >= 11 is 0. The zero-order valence-electron chi connectivity index (χ0n) is 13.5. The van der Waals surface area contributed by atoms with Gasteiger partial charge in [0.2, 0.25) is 0 Å². The van der Waals surface area contributed by atoms with E-state index in [9.17, 15) is 0 Å². The fourth-order valence-corrected chi connectivity index (χ4v) is 2.50. The van der Waals surface area contributed by atoms with Gasteiger partial charge in [-0.15, -0.1) is 0 Å². The fraction of sp³-hybridized carbons (Fsp3) is 0.368. The highest BCUT2D eigenvalue weighted by Crippen LogP contribution is 2.31. The van der Waals surface area contributed by atoms with Crippen LogP contribution in [0, 0.1) is 6.92 Å². The number of hydrogen-bond acceptors (Lipinski definition) is 4. The second-order valence-electron chi connectivity index (χ2n) is 5.66. The molecule has 0 aliphatic carbocycles. The Kier molecular flexibility index (Phi) is 5.51. The summed E-state index contributed by atoms with van der Waals surface area (Å²) in [5.74, 6) is 2.35. The normalized spacial score (nSPS) is 15.3. The van der Waals surface area contributed by atoms with Gasteiger partial charge in [-0.1, -0.05) is 29.8 Å². The van der Waals surface area contributed by atoms with Gasteiger partial charge in [0.15, 0.2) is 11.5 Å². The summed E-state index contributed by atoms with van der Waals surface area (Å²) in [4.78, 5) is 2.35. The van der Waals surface area contributed by atoms with Gasteiger partial charge in [0.05, 0.1) is 13.2 Å². The molecule has 0 aromatic heterocycles. The molecule has 0 bridgehead atoms. The molecule has 0 radical (unpaired) electrons. The maximum Gasteiger partial charge on any atom is 0.169 e. The Morgan fingerprint density at radius 1 is 0.957 bits per heavy atom. The van der Waals surface area contributed by atoms with E-state index in [1.54, 1.807) is 0 Å². The molecular weight excluding hydrogens is 290 g/mol. The molecule has 3 rings (SSSR count). The predicted molar refractivity (Wildman–Crippen MR) is 90.4 cm³/mol. The summed E-state index contributed by atoms with van der Waals surface area (Å²) in [6.45, 7) is 7.19. The lowest BCUT2D eigenvalue weighted by atomic mass is 10.2. The Bertz CT molecular complexity index is 606. The van der Waals surface area contributed by atoms with Crippen molar-refractivity contribution in [1.82, 2.24) is 4.90 Å². The molecule has 0 saturated carbocycles. The van der Waals surface area contributed by atoms with E-state index >= 15 is 0 Å². The van der Waals surface area contributed by atoms with Gasteiger partial charge in [-0.3, -0.25) is 4.90 Å². The quantitative estimate of drug-likeness (QED) is 0.817. The van der Waals surface area contributed by atoms with E-state index in [1.807, 2.05) is 48.5 Å². The summed E-state index contributed by atoms with van der Waals surface area (Å²) in [5, 5.41) is 0. The number of para-hydroxylation sites is 2. The molecule has 1 saturated heterocycles. The highest BCUT2D eigenvalue weighted by molar-refractivity contribution is 5.43. The highest BCUT2D eigenvalue weighted by Gasteiger charge is 2.11. The van der Waals surface area contributed by atoms with Crippen LogP contribution in [0.4, 0.5) is 0 Å². The topological polar surface area (TPSA) is 30.9 Å². The van der Waals surface area contributed by atoms with Crippen LogP contribution in [-0.2, 0) is 4.74 Å². The molecule has 2 aromatic carbocycles. The van der Waals surface area contributed by atoms with E-state index < -0.39 is 0 Å². The standard InChI is InChI=1S/C19H23NO3/c1-16-6-8-17(9-7-16)23-19-5-3-2-4-18(19)22-15-12-20-10-13-21-14-11-20/h2-9H,10-15H2,1H3. The molecule has 0 unspecified atom stereocenters. The van der Waals surface area contributed by atoms with Crippen LogP contribution < -0.4 is 9.47 Å². The second kappa shape index (κ2) is 7.99. The molecule has 0 amide bonds. The summed E-state index contributed by atoms with van der Waals surface area (Å²) < 4.78 is 17.2. The van der Waals surface area contributed by atoms with Crippen molar-refractivity contribution in [3.63, 3.8) is 0 Å². The lowest BCUT2D eigenvalue weighted by Crippen LogP contribution is -2.38. The van der Waals surface area contributed by atoms with Crippen molar-refractivity contribution in [3.05, 3.63) is 54.1 Å². The summed E-state index contributed by atoms with van der Waals surface area (Å²) in [5.41, 5.74) is 1.22. The number of rotatable bonds is 6. The Hall–Kier alpha value is -2.04. The van der Waals surface area contributed by atoms with Gasteiger partial charge in [0.1, 0.15) is 12.4 Å². The Morgan fingerprint density at radius 2 is 1.65 bits per heavy atom. The lowest BCUT2D eigenvalue weighted by Gasteiger charge is -2.26. The van der Waals surface area contributed by atoms with E-state index in [0.29, 0.717) is 6.61 Å². The molecule has 0 atom stereocenters. The van der Waals surface area contributed by atoms with Crippen LogP contribution in [0.5, 0.6) is 17.2 Å². The predicted octanol–water partition coefficient (Wildman–Crippen LogP) is 3.50. The van der Waals surface area contributed by atoms with Crippen LogP contribution in [-0.4, -0.2) is 44.4 Å². The maximum atomic E-state index is 5.95. The van der Waals surface area contributed by atoms with Crippen LogP contribution >= 0.6 is 0 Å². The first-order valence-electron chi connectivity index (χ1n) is 8.08. The number of benzene rings is 2. The van der Waals surface area contributed by atoms with Crippen molar-refractivity contribution < 1.29 is 14.2 Å². The summed E-state index contributed by atoms with van der Waals surface area (Å²) in [7, 11) is 0. The molecule has 4 nitrogen and oxygen atoms in total. The van der Waals surface area contributed by atoms with Crippen molar-refractivity contribution in [2.24, 2.45) is 0 Å². The number of ether oxygens (including phenoxy) is 3. The third-order valence-corrected chi connectivity index (χ3v) is 3.87. The number of hydrogen-bond donors (Lipinski definition) is 0. The molecular formula is C19H23NO3. The van der Waals surface area contributed by atoms with Crippen LogP contribution in [0.2, 0.25) is 0 Å². The second-order valence-corrected chi connectivity index (χ2v) is 5.66. The van der Waals surface area contributed by atoms with E-state index in [2.05, 4.69) is 11.8 Å². The number of aryl methyl sites for hydroxylation is 1. The first-order valence-corrected chi connectivity index (χ1v) is 8.08. The van der Waals surface area contributed by atoms with Crippen molar-refractivity contribution in [1.29, 1.82) is 0 Å². The van der Waals surface area contributed by atoms with E-state index in [4.69, 9.17) is 14.2 Å². The highest BCUT2D eigenvalue weighted by atomic mass is 16.5. The molecule has 1 aliphatic rings. The van der Waals surface area contributed by atoms with Crippen molar-refractivity contribution in [2.75, 3.05) is 39.5 Å². The van der Waals surface area contributed by atoms with Gasteiger partial charge in [-0.05, 0) is 31.2 Å². The van der Waals surface area contributed by atoms with Crippen LogP contribution in [0.1, 0.15) is 5.56 Å². The first kappa shape index (κ1) is 15.8. The van der Waals surface area contributed by atoms with Gasteiger partial charge >= 0.3 is 0 Å². The Morgan fingerprint density at radius 3 is 2.39 bits per heavy atom. The van der Waals surface area contributed by atoms with Crippen LogP contribution in [0.15, 0.2) is 48.5 Å². The molecule has 4 heteroatoms. The molecule has 122 valence electrons. The van der Waals surface area contributed by atoms with Crippen LogP contribution in [0.25, 0.3) is 0 Å². The van der Waals surface area contributed by atoms with Gasteiger partial charge in [-0.25, -0.2) is 0 Å². The minimum atomic E-state index is 0.647. The third kappa shape index (κ3) is 4.71. The molecule has 1 heterocycles. The number of nitrogens with zero attached hydrogens (tertiary/aromatic N) is 1. The minimum Gasteiger partial charge on any atom is -0.488 e. The fourth-order valence-electron chi connectivity index (χ4n) is 2.50. The summed E-state index contributed by atoms with van der Waals surface area (Å²) in [6.07, 6.45) is 0. The van der Waals surface area contributed by atoms with Crippen molar-refractivity contribution >= 4 is 0 Å². The van der Waals surface area contributed by atoms with Gasteiger partial charge in [0.25, 0.3) is 0 Å². The average Bonchev–Trinajstić information content (AvgIpc) is 2.59. The minimum absolute atomic E-state index is 0.647. The first-order chi connectivity index (χ1) is 11.3. The summed E-state index contributed by atoms with van der Waals surface area (Å²) in [6, 6.07) is 15.8. The van der Waals surface area contributed by atoms with E-state index in [0.717, 1.165) is 50.1 Å². The molecule has 0 spiro atoms.